The highest BCUT2D eigenvalue weighted by molar-refractivity contribution is 7.22. The van der Waals surface area contributed by atoms with Crippen molar-refractivity contribution in [3.05, 3.63) is 45.9 Å². The number of halogens is 2. The van der Waals surface area contributed by atoms with Crippen LogP contribution in [0.15, 0.2) is 29.1 Å². The molecular formula is C18H19F2N5OS. The van der Waals surface area contributed by atoms with Gasteiger partial charge in [0, 0.05) is 32.2 Å². The molecular weight excluding hydrogens is 372 g/mol. The molecule has 1 saturated heterocycles. The van der Waals surface area contributed by atoms with Crippen LogP contribution in [0.3, 0.4) is 0 Å². The van der Waals surface area contributed by atoms with Crippen molar-refractivity contribution in [2.24, 2.45) is 0 Å². The highest BCUT2D eigenvalue weighted by Crippen LogP contribution is 2.31. The number of thiazole rings is 1. The van der Waals surface area contributed by atoms with Gasteiger partial charge in [0.1, 0.15) is 5.69 Å². The highest BCUT2D eigenvalue weighted by atomic mass is 32.1. The zero-order valence-corrected chi connectivity index (χ0v) is 15.6. The Labute approximate surface area is 158 Å². The van der Waals surface area contributed by atoms with Crippen LogP contribution in [0.25, 0.3) is 10.2 Å². The van der Waals surface area contributed by atoms with E-state index < -0.39 is 17.7 Å². The van der Waals surface area contributed by atoms with Gasteiger partial charge in [-0.3, -0.25) is 9.78 Å². The van der Waals surface area contributed by atoms with E-state index in [-0.39, 0.29) is 5.95 Å². The highest BCUT2D eigenvalue weighted by Gasteiger charge is 2.23. The molecule has 9 heteroatoms. The Kier molecular flexibility index (Phi) is 4.77. The minimum absolute atomic E-state index is 0.204. The van der Waals surface area contributed by atoms with Crippen molar-refractivity contribution in [2.45, 2.75) is 19.8 Å². The molecule has 1 N–H and O–H groups in total. The zero-order valence-electron chi connectivity index (χ0n) is 14.8. The molecule has 0 atom stereocenters. The Morgan fingerprint density at radius 3 is 2.63 bits per heavy atom. The third-order valence-electron chi connectivity index (χ3n) is 4.69. The molecule has 0 unspecified atom stereocenters. The topological polar surface area (TPSA) is 65.1 Å². The largest absolute Gasteiger partial charge is 0.345 e. The Hall–Kier alpha value is -2.55. The lowest BCUT2D eigenvalue weighted by Crippen LogP contribution is -2.47. The number of aryl methyl sites for hydroxylation is 1. The van der Waals surface area contributed by atoms with E-state index in [1.165, 1.54) is 10.3 Å². The average Bonchev–Trinajstić information content (AvgIpc) is 3.12. The van der Waals surface area contributed by atoms with Gasteiger partial charge in [0.2, 0.25) is 5.95 Å². The maximum Gasteiger partial charge on any atom is 0.280 e. The van der Waals surface area contributed by atoms with Gasteiger partial charge in [-0.05, 0) is 18.1 Å². The minimum atomic E-state index is -2.76. The molecule has 1 aromatic carbocycles. The minimum Gasteiger partial charge on any atom is -0.345 e. The monoisotopic (exact) mass is 391 g/mol. The molecule has 1 fully saturated rings. The van der Waals surface area contributed by atoms with Crippen molar-refractivity contribution in [1.82, 2.24) is 15.0 Å². The van der Waals surface area contributed by atoms with Crippen molar-refractivity contribution in [1.29, 1.82) is 0 Å². The van der Waals surface area contributed by atoms with Crippen molar-refractivity contribution in [3.63, 3.8) is 0 Å². The standard InChI is InChI=1S/C18H19F2N5OS/c1-2-11-4-3-5-13-15(11)23-18(27-13)25-8-6-24(7-9-25)17-21-12(16(19)20)10-14(26)22-17/h3-5,10,16H,2,6-9H2,1H3,(H,21,22,26). The number of piperazine rings is 1. The van der Waals surface area contributed by atoms with Gasteiger partial charge in [0.25, 0.3) is 12.0 Å². The average molecular weight is 391 g/mol. The van der Waals surface area contributed by atoms with Crippen molar-refractivity contribution in [2.75, 3.05) is 36.0 Å². The van der Waals surface area contributed by atoms with Gasteiger partial charge in [0.15, 0.2) is 5.13 Å². The van der Waals surface area contributed by atoms with E-state index in [0.29, 0.717) is 26.2 Å². The fourth-order valence-electron chi connectivity index (χ4n) is 3.25. The molecule has 4 rings (SSSR count). The van der Waals surface area contributed by atoms with Crippen molar-refractivity contribution >= 4 is 32.6 Å². The Morgan fingerprint density at radius 1 is 1.19 bits per heavy atom. The molecule has 1 aliphatic heterocycles. The molecule has 6 nitrogen and oxygen atoms in total. The second-order valence-electron chi connectivity index (χ2n) is 6.38. The van der Waals surface area contributed by atoms with Crippen LogP contribution >= 0.6 is 11.3 Å². The number of hydrogen-bond acceptors (Lipinski definition) is 6. The molecule has 1 aliphatic rings. The van der Waals surface area contributed by atoms with Crippen LogP contribution in [0.2, 0.25) is 0 Å². The third kappa shape index (κ3) is 3.51. The van der Waals surface area contributed by atoms with E-state index in [9.17, 15) is 13.6 Å². The van der Waals surface area contributed by atoms with Crippen LogP contribution < -0.4 is 15.4 Å². The van der Waals surface area contributed by atoms with Gasteiger partial charge in [0.05, 0.1) is 10.2 Å². The zero-order chi connectivity index (χ0) is 19.0. The first kappa shape index (κ1) is 17.8. The molecule has 3 heterocycles. The van der Waals surface area contributed by atoms with Gasteiger partial charge < -0.3 is 9.80 Å². The summed E-state index contributed by atoms with van der Waals surface area (Å²) in [5, 5.41) is 0.966. The lowest BCUT2D eigenvalue weighted by Gasteiger charge is -2.34. The first-order valence-corrected chi connectivity index (χ1v) is 9.64. The smallest absolute Gasteiger partial charge is 0.280 e. The third-order valence-corrected chi connectivity index (χ3v) is 5.78. The first-order valence-electron chi connectivity index (χ1n) is 8.83. The number of alkyl halides is 2. The lowest BCUT2D eigenvalue weighted by molar-refractivity contribution is 0.146. The molecule has 0 radical (unpaired) electrons. The van der Waals surface area contributed by atoms with Crippen molar-refractivity contribution in [3.8, 4) is 0 Å². The summed E-state index contributed by atoms with van der Waals surface area (Å²) >= 11 is 1.66. The summed E-state index contributed by atoms with van der Waals surface area (Å²) in [4.78, 5) is 26.9. The summed E-state index contributed by atoms with van der Waals surface area (Å²) in [7, 11) is 0. The molecule has 2 aromatic heterocycles. The molecule has 27 heavy (non-hydrogen) atoms. The number of aromatic amines is 1. The second kappa shape index (κ2) is 7.22. The maximum atomic E-state index is 12.9. The number of anilines is 2. The molecule has 0 amide bonds. The summed E-state index contributed by atoms with van der Waals surface area (Å²) in [6, 6.07) is 7.08. The van der Waals surface area contributed by atoms with Gasteiger partial charge in [-0.1, -0.05) is 30.4 Å². The number of benzene rings is 1. The van der Waals surface area contributed by atoms with E-state index in [2.05, 4.69) is 40.0 Å². The number of nitrogens with zero attached hydrogens (tertiary/aromatic N) is 4. The number of hydrogen-bond donors (Lipinski definition) is 1. The summed E-state index contributed by atoms with van der Waals surface area (Å²) < 4.78 is 27.0. The quantitative estimate of drug-likeness (QED) is 0.740. The number of fused-ring (bicyclic) bond motifs is 1. The van der Waals surface area contributed by atoms with E-state index in [4.69, 9.17) is 4.98 Å². The normalized spacial score (nSPS) is 15.1. The second-order valence-corrected chi connectivity index (χ2v) is 7.39. The van der Waals surface area contributed by atoms with E-state index in [1.807, 2.05) is 4.90 Å². The SMILES string of the molecule is CCc1cccc2sc(N3CCN(c4nc(C(F)F)cc(=O)[nH]4)CC3)nc12. The Balaban J connectivity index is 1.52. The van der Waals surface area contributed by atoms with E-state index in [0.717, 1.165) is 23.1 Å². The summed E-state index contributed by atoms with van der Waals surface area (Å²) in [5.74, 6) is 0.204. The lowest BCUT2D eigenvalue weighted by atomic mass is 10.1. The molecule has 0 aliphatic carbocycles. The molecule has 0 spiro atoms. The number of para-hydroxylation sites is 1. The molecule has 3 aromatic rings. The summed E-state index contributed by atoms with van der Waals surface area (Å²) in [6.45, 7) is 4.64. The fourth-order valence-corrected chi connectivity index (χ4v) is 4.31. The van der Waals surface area contributed by atoms with Crippen LogP contribution in [-0.4, -0.2) is 41.1 Å². The molecule has 142 valence electrons. The van der Waals surface area contributed by atoms with E-state index in [1.54, 1.807) is 11.3 Å². The fraction of sp³-hybridized carbons (Fsp3) is 0.389. The van der Waals surface area contributed by atoms with Gasteiger partial charge in [-0.25, -0.2) is 18.7 Å². The number of aromatic nitrogens is 3. The predicted octanol–water partition coefficient (Wildman–Crippen LogP) is 3.21. The molecule has 0 saturated carbocycles. The van der Waals surface area contributed by atoms with Crippen molar-refractivity contribution < 1.29 is 8.78 Å². The Morgan fingerprint density at radius 2 is 1.93 bits per heavy atom. The summed E-state index contributed by atoms with van der Waals surface area (Å²) in [6.07, 6.45) is -1.82. The number of nitrogens with one attached hydrogen (secondary N) is 1. The predicted molar refractivity (Wildman–Crippen MR) is 103 cm³/mol. The van der Waals surface area contributed by atoms with Gasteiger partial charge in [-0.2, -0.15) is 0 Å². The molecule has 0 bridgehead atoms. The van der Waals surface area contributed by atoms with E-state index >= 15 is 0 Å². The van der Waals surface area contributed by atoms with Crippen LogP contribution in [0.4, 0.5) is 19.9 Å². The number of rotatable bonds is 4. The van der Waals surface area contributed by atoms with Crippen LogP contribution in [0, 0.1) is 0 Å². The van der Waals surface area contributed by atoms with Crippen LogP contribution in [0.1, 0.15) is 24.6 Å². The Bertz CT molecular complexity index is 1010. The summed E-state index contributed by atoms with van der Waals surface area (Å²) in [5.41, 5.74) is 1.24. The van der Waals surface area contributed by atoms with Crippen LogP contribution in [-0.2, 0) is 6.42 Å². The number of H-pyrrole nitrogens is 1. The van der Waals surface area contributed by atoms with Gasteiger partial charge >= 0.3 is 0 Å². The first-order chi connectivity index (χ1) is 13.0. The van der Waals surface area contributed by atoms with Gasteiger partial charge in [-0.15, -0.1) is 0 Å². The van der Waals surface area contributed by atoms with Crippen LogP contribution in [0.5, 0.6) is 0 Å². The maximum absolute atomic E-state index is 12.9.